The highest BCUT2D eigenvalue weighted by Crippen LogP contribution is 2.19. The molecule has 26 heavy (non-hydrogen) atoms. The maximum Gasteiger partial charge on any atom is 0.387 e. The van der Waals surface area contributed by atoms with Crippen LogP contribution in [0.2, 0.25) is 0 Å². The van der Waals surface area contributed by atoms with Crippen LogP contribution in [-0.4, -0.2) is 46.1 Å². The van der Waals surface area contributed by atoms with Crippen LogP contribution in [0.15, 0.2) is 24.3 Å². The molecule has 2 atom stereocenters. The van der Waals surface area contributed by atoms with Crippen molar-refractivity contribution in [2.75, 3.05) is 6.54 Å². The molecule has 1 aromatic heterocycles. The average molecular weight is 365 g/mol. The van der Waals surface area contributed by atoms with Gasteiger partial charge in [0, 0.05) is 12.1 Å². The highest BCUT2D eigenvalue weighted by molar-refractivity contribution is 5.93. The number of alkyl halides is 2. The fourth-order valence-electron chi connectivity index (χ4n) is 3.03. The molecule has 1 aromatic carbocycles. The van der Waals surface area contributed by atoms with Crippen LogP contribution < -0.4 is 15.4 Å². The molecule has 0 spiro atoms. The summed E-state index contributed by atoms with van der Waals surface area (Å²) in [6.07, 6.45) is 1.92. The summed E-state index contributed by atoms with van der Waals surface area (Å²) in [7, 11) is 0. The van der Waals surface area contributed by atoms with E-state index in [0.717, 1.165) is 19.4 Å². The molecule has 2 unspecified atom stereocenters. The number of hydrogen-bond donors (Lipinski definition) is 2. The SMILES string of the molecule is Cc1c(C(=O)NC2CCCNC2C)nnn1-c1ccc(OC(F)F)cc1. The van der Waals surface area contributed by atoms with E-state index in [1.165, 1.54) is 16.8 Å². The largest absolute Gasteiger partial charge is 0.435 e. The molecule has 9 heteroatoms. The van der Waals surface area contributed by atoms with Gasteiger partial charge in [0.1, 0.15) is 5.75 Å². The first-order valence-electron chi connectivity index (χ1n) is 8.47. The number of nitrogens with zero attached hydrogens (tertiary/aromatic N) is 3. The van der Waals surface area contributed by atoms with Crippen molar-refractivity contribution in [3.63, 3.8) is 0 Å². The summed E-state index contributed by atoms with van der Waals surface area (Å²) < 4.78 is 30.3. The molecule has 1 aliphatic rings. The van der Waals surface area contributed by atoms with Crippen molar-refractivity contribution in [2.24, 2.45) is 0 Å². The van der Waals surface area contributed by atoms with Gasteiger partial charge in [-0.15, -0.1) is 5.10 Å². The Morgan fingerprint density at radius 1 is 1.38 bits per heavy atom. The molecule has 1 amide bonds. The molecule has 2 heterocycles. The van der Waals surface area contributed by atoms with Gasteiger partial charge in [0.2, 0.25) is 0 Å². The van der Waals surface area contributed by atoms with Gasteiger partial charge in [-0.1, -0.05) is 5.21 Å². The van der Waals surface area contributed by atoms with Crippen molar-refractivity contribution in [2.45, 2.75) is 45.4 Å². The zero-order valence-corrected chi connectivity index (χ0v) is 14.6. The van der Waals surface area contributed by atoms with E-state index in [0.29, 0.717) is 11.4 Å². The van der Waals surface area contributed by atoms with Crippen LogP contribution in [0.25, 0.3) is 5.69 Å². The minimum Gasteiger partial charge on any atom is -0.435 e. The molecule has 140 valence electrons. The molecule has 0 aliphatic carbocycles. The Labute approximate surface area is 149 Å². The molecule has 0 saturated carbocycles. The minimum atomic E-state index is -2.87. The maximum atomic E-state index is 12.5. The summed E-state index contributed by atoms with van der Waals surface area (Å²) >= 11 is 0. The first-order chi connectivity index (χ1) is 12.5. The van der Waals surface area contributed by atoms with Gasteiger partial charge in [-0.25, -0.2) is 4.68 Å². The molecule has 1 aliphatic heterocycles. The number of rotatable bonds is 5. The monoisotopic (exact) mass is 365 g/mol. The number of aromatic nitrogens is 3. The van der Waals surface area contributed by atoms with Crippen molar-refractivity contribution < 1.29 is 18.3 Å². The second kappa shape index (κ2) is 7.77. The third-order valence-electron chi connectivity index (χ3n) is 4.49. The Balaban J connectivity index is 1.73. The first-order valence-corrected chi connectivity index (χ1v) is 8.47. The number of halogens is 2. The van der Waals surface area contributed by atoms with E-state index < -0.39 is 6.61 Å². The molecule has 2 N–H and O–H groups in total. The van der Waals surface area contributed by atoms with Crippen molar-refractivity contribution in [1.82, 2.24) is 25.6 Å². The van der Waals surface area contributed by atoms with Crippen LogP contribution >= 0.6 is 0 Å². The topological polar surface area (TPSA) is 81.1 Å². The molecule has 0 bridgehead atoms. The van der Waals surface area contributed by atoms with E-state index in [-0.39, 0.29) is 29.4 Å². The lowest BCUT2D eigenvalue weighted by Gasteiger charge is -2.30. The zero-order chi connectivity index (χ0) is 18.7. The van der Waals surface area contributed by atoms with Crippen molar-refractivity contribution in [3.8, 4) is 11.4 Å². The van der Waals surface area contributed by atoms with Gasteiger partial charge in [-0.2, -0.15) is 8.78 Å². The normalized spacial score (nSPS) is 20.2. The molecule has 1 saturated heterocycles. The summed E-state index contributed by atoms with van der Waals surface area (Å²) in [5.74, 6) is -0.217. The second-order valence-corrected chi connectivity index (χ2v) is 6.27. The Morgan fingerprint density at radius 2 is 2.12 bits per heavy atom. The highest BCUT2D eigenvalue weighted by Gasteiger charge is 2.25. The smallest absolute Gasteiger partial charge is 0.387 e. The number of carbonyl (C=O) groups excluding carboxylic acids is 1. The highest BCUT2D eigenvalue weighted by atomic mass is 19.3. The van der Waals surface area contributed by atoms with E-state index >= 15 is 0 Å². The number of piperidine rings is 1. The Kier molecular flexibility index (Phi) is 5.46. The third kappa shape index (κ3) is 3.98. The molecule has 1 fully saturated rings. The van der Waals surface area contributed by atoms with Crippen LogP contribution in [0.5, 0.6) is 5.75 Å². The van der Waals surface area contributed by atoms with Crippen LogP contribution in [0.3, 0.4) is 0 Å². The molecular formula is C17H21F2N5O2. The van der Waals surface area contributed by atoms with Crippen LogP contribution in [0, 0.1) is 6.92 Å². The molecule has 7 nitrogen and oxygen atoms in total. The molecule has 3 rings (SSSR count). The quantitative estimate of drug-likeness (QED) is 0.848. The van der Waals surface area contributed by atoms with Crippen molar-refractivity contribution in [1.29, 1.82) is 0 Å². The zero-order valence-electron chi connectivity index (χ0n) is 14.6. The molecular weight excluding hydrogens is 344 g/mol. The van der Waals surface area contributed by atoms with Gasteiger partial charge in [0.15, 0.2) is 5.69 Å². The fourth-order valence-corrected chi connectivity index (χ4v) is 3.03. The van der Waals surface area contributed by atoms with Gasteiger partial charge in [-0.3, -0.25) is 4.79 Å². The average Bonchev–Trinajstić information content (AvgIpc) is 2.99. The number of amides is 1. The summed E-state index contributed by atoms with van der Waals surface area (Å²) in [5, 5.41) is 14.3. The summed E-state index contributed by atoms with van der Waals surface area (Å²) in [6.45, 7) is 1.85. The lowest BCUT2D eigenvalue weighted by Crippen LogP contribution is -2.52. The summed E-state index contributed by atoms with van der Waals surface area (Å²) in [6, 6.07) is 6.23. The van der Waals surface area contributed by atoms with Crippen molar-refractivity contribution >= 4 is 5.91 Å². The van der Waals surface area contributed by atoms with E-state index in [4.69, 9.17) is 0 Å². The van der Waals surface area contributed by atoms with E-state index in [1.54, 1.807) is 19.1 Å². The van der Waals surface area contributed by atoms with Gasteiger partial charge in [0.05, 0.1) is 11.4 Å². The van der Waals surface area contributed by atoms with Crippen molar-refractivity contribution in [3.05, 3.63) is 35.7 Å². The lowest BCUT2D eigenvalue weighted by atomic mass is 10.00. The third-order valence-corrected chi connectivity index (χ3v) is 4.49. The predicted molar refractivity (Wildman–Crippen MR) is 90.7 cm³/mol. The number of hydrogen-bond acceptors (Lipinski definition) is 5. The van der Waals surface area contributed by atoms with Crippen LogP contribution in [0.4, 0.5) is 8.78 Å². The maximum absolute atomic E-state index is 12.5. The Hall–Kier alpha value is -2.55. The fraction of sp³-hybridized carbons (Fsp3) is 0.471. The number of nitrogens with one attached hydrogen (secondary N) is 2. The van der Waals surface area contributed by atoms with E-state index in [1.807, 2.05) is 6.92 Å². The van der Waals surface area contributed by atoms with E-state index in [9.17, 15) is 13.6 Å². The molecule has 0 radical (unpaired) electrons. The Bertz CT molecular complexity index is 763. The first kappa shape index (κ1) is 18.2. The summed E-state index contributed by atoms with van der Waals surface area (Å²) in [5.41, 5.74) is 1.42. The van der Waals surface area contributed by atoms with Crippen LogP contribution in [-0.2, 0) is 0 Å². The number of ether oxygens (including phenoxy) is 1. The number of carbonyl (C=O) groups is 1. The van der Waals surface area contributed by atoms with Gasteiger partial charge >= 0.3 is 6.61 Å². The molecule has 2 aromatic rings. The van der Waals surface area contributed by atoms with Gasteiger partial charge in [0.25, 0.3) is 5.91 Å². The second-order valence-electron chi connectivity index (χ2n) is 6.27. The lowest BCUT2D eigenvalue weighted by molar-refractivity contribution is -0.0498. The van der Waals surface area contributed by atoms with Gasteiger partial charge < -0.3 is 15.4 Å². The number of benzene rings is 1. The van der Waals surface area contributed by atoms with Crippen LogP contribution in [0.1, 0.15) is 35.9 Å². The predicted octanol–water partition coefficient (Wildman–Crippen LogP) is 2.05. The van der Waals surface area contributed by atoms with Gasteiger partial charge in [-0.05, 0) is 57.5 Å². The Morgan fingerprint density at radius 3 is 2.77 bits per heavy atom. The standard InChI is InChI=1S/C17H21F2N5O2/c1-10-14(4-3-9-20-10)21-16(25)15-11(2)24(23-22-15)12-5-7-13(8-6-12)26-17(18)19/h5-8,10,14,17,20H,3-4,9H2,1-2H3,(H,21,25). The summed E-state index contributed by atoms with van der Waals surface area (Å²) in [4.78, 5) is 12.5. The van der Waals surface area contributed by atoms with E-state index in [2.05, 4.69) is 25.7 Å². The minimum absolute atomic E-state index is 0.0478.